The number of aromatic amines is 1. The van der Waals surface area contributed by atoms with E-state index >= 15 is 0 Å². The predicted molar refractivity (Wildman–Crippen MR) is 44.1 cm³/mol. The van der Waals surface area contributed by atoms with Gasteiger partial charge in [0.2, 0.25) is 0 Å². The third-order valence-corrected chi connectivity index (χ3v) is 1.57. The first-order valence-corrected chi connectivity index (χ1v) is 3.55. The summed E-state index contributed by atoms with van der Waals surface area (Å²) in [4.78, 5) is 0. The highest BCUT2D eigenvalue weighted by Crippen LogP contribution is 2.10. The Balaban J connectivity index is 2.85. The van der Waals surface area contributed by atoms with Crippen LogP contribution in [0.25, 0.3) is 0 Å². The lowest BCUT2D eigenvalue weighted by Gasteiger charge is -1.93. The summed E-state index contributed by atoms with van der Waals surface area (Å²) in [5, 5.41) is 6.55. The summed E-state index contributed by atoms with van der Waals surface area (Å²) in [6.45, 7) is 0.516. The Kier molecular flexibility index (Phi) is 2.29. The molecule has 0 spiro atoms. The van der Waals surface area contributed by atoms with E-state index in [-0.39, 0.29) is 0 Å². The van der Waals surface area contributed by atoms with E-state index in [9.17, 15) is 0 Å². The molecule has 0 radical (unpaired) electrons. The van der Waals surface area contributed by atoms with Crippen LogP contribution in [0.1, 0.15) is 5.56 Å². The van der Waals surface area contributed by atoms with Gasteiger partial charge in [-0.1, -0.05) is 0 Å². The number of hydrogen-bond acceptors (Lipinski definition) is 3. The van der Waals surface area contributed by atoms with Gasteiger partial charge in [0.05, 0.1) is 29.1 Å². The maximum absolute atomic E-state index is 5.37. The smallest absolute Gasteiger partial charge is 0.134 e. The molecule has 0 fully saturated rings. The number of aromatic nitrogens is 2. The van der Waals surface area contributed by atoms with Crippen LogP contribution in [0.4, 0.5) is 5.82 Å². The Hall–Kier alpha value is -0.300. The SMILES string of the molecule is NCc1cn[nH]c1NI. The van der Waals surface area contributed by atoms with Gasteiger partial charge in [-0.2, -0.15) is 5.10 Å². The van der Waals surface area contributed by atoms with Gasteiger partial charge in [0.1, 0.15) is 5.82 Å². The number of anilines is 1. The lowest BCUT2D eigenvalue weighted by Crippen LogP contribution is -1.96. The van der Waals surface area contributed by atoms with E-state index in [2.05, 4.69) is 13.7 Å². The van der Waals surface area contributed by atoms with Crippen LogP contribution in [-0.2, 0) is 6.54 Å². The highest BCUT2D eigenvalue weighted by atomic mass is 127. The molecule has 1 heterocycles. The zero-order valence-corrected chi connectivity index (χ0v) is 6.84. The molecule has 0 aliphatic carbocycles. The molecule has 0 saturated carbocycles. The van der Waals surface area contributed by atoms with Gasteiger partial charge < -0.3 is 9.26 Å². The Morgan fingerprint density at radius 2 is 2.67 bits per heavy atom. The van der Waals surface area contributed by atoms with Gasteiger partial charge in [0, 0.05) is 12.1 Å². The van der Waals surface area contributed by atoms with Gasteiger partial charge in [-0.15, -0.1) is 0 Å². The normalized spacial score (nSPS) is 9.56. The number of rotatable bonds is 2. The summed E-state index contributed by atoms with van der Waals surface area (Å²) < 4.78 is 2.90. The number of H-pyrrole nitrogens is 1. The van der Waals surface area contributed by atoms with E-state index < -0.39 is 0 Å². The van der Waals surface area contributed by atoms with E-state index in [1.54, 1.807) is 6.20 Å². The van der Waals surface area contributed by atoms with Crippen LogP contribution in [0, 0.1) is 0 Å². The maximum Gasteiger partial charge on any atom is 0.134 e. The molecule has 0 atom stereocenters. The van der Waals surface area contributed by atoms with Gasteiger partial charge in [-0.3, -0.25) is 5.10 Å². The topological polar surface area (TPSA) is 66.7 Å². The second-order valence-electron chi connectivity index (χ2n) is 1.57. The van der Waals surface area contributed by atoms with E-state index in [0.29, 0.717) is 6.54 Å². The standard InChI is InChI=1S/C4H7IN4/c5-8-4-3(1-6)2-7-9-4/h2H,1,6H2,(H2,7,8,9). The van der Waals surface area contributed by atoms with Crippen LogP contribution in [0.3, 0.4) is 0 Å². The highest BCUT2D eigenvalue weighted by Gasteiger charge is 1.98. The molecule has 1 rings (SSSR count). The zero-order chi connectivity index (χ0) is 6.69. The molecule has 0 aliphatic rings. The number of hydrogen-bond donors (Lipinski definition) is 3. The van der Waals surface area contributed by atoms with Crippen molar-refractivity contribution in [2.45, 2.75) is 6.54 Å². The van der Waals surface area contributed by atoms with E-state index in [0.717, 1.165) is 11.4 Å². The lowest BCUT2D eigenvalue weighted by atomic mass is 10.3. The maximum atomic E-state index is 5.37. The van der Waals surface area contributed by atoms with Crippen molar-refractivity contribution < 1.29 is 0 Å². The van der Waals surface area contributed by atoms with Crippen molar-refractivity contribution in [1.29, 1.82) is 0 Å². The van der Waals surface area contributed by atoms with Crippen LogP contribution in [0.2, 0.25) is 0 Å². The molecule has 0 bridgehead atoms. The molecule has 4 N–H and O–H groups in total. The van der Waals surface area contributed by atoms with E-state index in [4.69, 9.17) is 5.73 Å². The minimum Gasteiger partial charge on any atom is -0.326 e. The molecule has 1 aromatic heterocycles. The first kappa shape index (κ1) is 6.81. The van der Waals surface area contributed by atoms with Crippen molar-refractivity contribution in [3.8, 4) is 0 Å². The van der Waals surface area contributed by atoms with Crippen molar-refractivity contribution in [2.75, 3.05) is 3.53 Å². The van der Waals surface area contributed by atoms with Crippen molar-refractivity contribution in [3.05, 3.63) is 11.8 Å². The predicted octanol–water partition coefficient (Wildman–Crippen LogP) is 0.630. The first-order chi connectivity index (χ1) is 4.38. The molecule has 1 aromatic rings. The van der Waals surface area contributed by atoms with Gasteiger partial charge in [0.25, 0.3) is 0 Å². The van der Waals surface area contributed by atoms with Gasteiger partial charge in [-0.05, 0) is 0 Å². The average Bonchev–Trinajstić information content (AvgIpc) is 2.33. The fraction of sp³-hybridized carbons (Fsp3) is 0.250. The zero-order valence-electron chi connectivity index (χ0n) is 4.69. The lowest BCUT2D eigenvalue weighted by molar-refractivity contribution is 1.08. The van der Waals surface area contributed by atoms with Crippen molar-refractivity contribution in [1.82, 2.24) is 10.2 Å². The van der Waals surface area contributed by atoms with Crippen molar-refractivity contribution >= 4 is 28.7 Å². The summed E-state index contributed by atoms with van der Waals surface area (Å²) in [5.74, 6) is 0.887. The Bertz CT molecular complexity index is 166. The summed E-state index contributed by atoms with van der Waals surface area (Å²) in [6, 6.07) is 0. The molecular formula is C4H7IN4. The number of halogens is 1. The fourth-order valence-electron chi connectivity index (χ4n) is 0.548. The largest absolute Gasteiger partial charge is 0.326 e. The molecule has 4 nitrogen and oxygen atoms in total. The molecule has 0 saturated heterocycles. The quantitative estimate of drug-likeness (QED) is 0.523. The third-order valence-electron chi connectivity index (χ3n) is 1.03. The molecule has 0 unspecified atom stereocenters. The van der Waals surface area contributed by atoms with Crippen molar-refractivity contribution in [3.63, 3.8) is 0 Å². The van der Waals surface area contributed by atoms with Crippen LogP contribution in [-0.4, -0.2) is 10.2 Å². The highest BCUT2D eigenvalue weighted by molar-refractivity contribution is 14.1. The number of nitrogens with one attached hydrogen (secondary N) is 2. The second kappa shape index (κ2) is 3.02. The van der Waals surface area contributed by atoms with Gasteiger partial charge in [0.15, 0.2) is 0 Å². The summed E-state index contributed by atoms with van der Waals surface area (Å²) in [7, 11) is 0. The summed E-state index contributed by atoms with van der Waals surface area (Å²) in [5.41, 5.74) is 6.37. The van der Waals surface area contributed by atoms with Crippen LogP contribution in [0.15, 0.2) is 6.20 Å². The molecule has 0 aromatic carbocycles. The molecule has 0 aliphatic heterocycles. The number of nitrogens with two attached hydrogens (primary N) is 1. The van der Waals surface area contributed by atoms with Crippen LogP contribution in [0.5, 0.6) is 0 Å². The average molecular weight is 238 g/mol. The molecule has 0 amide bonds. The minimum absolute atomic E-state index is 0.516. The number of nitrogens with zero attached hydrogens (tertiary/aromatic N) is 1. The molecule has 9 heavy (non-hydrogen) atoms. The molecular weight excluding hydrogens is 231 g/mol. The Morgan fingerprint density at radius 1 is 1.89 bits per heavy atom. The second-order valence-corrected chi connectivity index (χ2v) is 2.11. The van der Waals surface area contributed by atoms with E-state index in [1.807, 2.05) is 22.9 Å². The van der Waals surface area contributed by atoms with Crippen molar-refractivity contribution in [2.24, 2.45) is 5.73 Å². The monoisotopic (exact) mass is 238 g/mol. The minimum atomic E-state index is 0.516. The Morgan fingerprint density at radius 3 is 3.11 bits per heavy atom. The Labute approximate surface area is 66.7 Å². The van der Waals surface area contributed by atoms with E-state index in [1.165, 1.54) is 0 Å². The summed E-state index contributed by atoms with van der Waals surface area (Å²) >= 11 is 2.02. The summed E-state index contributed by atoms with van der Waals surface area (Å²) in [6.07, 6.45) is 1.71. The fourth-order valence-corrected chi connectivity index (χ4v) is 1.01. The van der Waals surface area contributed by atoms with Gasteiger partial charge >= 0.3 is 0 Å². The van der Waals surface area contributed by atoms with Crippen LogP contribution < -0.4 is 9.26 Å². The van der Waals surface area contributed by atoms with Gasteiger partial charge in [-0.25, -0.2) is 0 Å². The molecule has 5 heteroatoms. The molecule has 50 valence electrons. The van der Waals surface area contributed by atoms with Crippen LogP contribution >= 0.6 is 22.9 Å². The third kappa shape index (κ3) is 1.33. The first-order valence-electron chi connectivity index (χ1n) is 2.47.